The Morgan fingerprint density at radius 2 is 1.70 bits per heavy atom. The normalized spacial score (nSPS) is 10.4. The molecular weight excluding hydrogens is 488 g/mol. The van der Waals surface area contributed by atoms with Crippen molar-refractivity contribution in [2.75, 3.05) is 24.1 Å². The summed E-state index contributed by atoms with van der Waals surface area (Å²) in [5.74, 6) is -0.769. The quantitative estimate of drug-likeness (QED) is 0.270. The minimum absolute atomic E-state index is 0.0427. The lowest BCUT2D eigenvalue weighted by molar-refractivity contribution is 0.0954. The standard InChI is InChI=1S/C28H23ClN6O2/c29-23-10-3-1-8-19(23)28(37)35-26-22(16-31)21(15-25(34-26)20-9-2-4-11-24(20)32)17-6-5-7-18(14-17)27(36)33-13-12-30/h1-11,14-15H,12-13,30,32H2,(H,33,36)(H,34,35,37). The minimum Gasteiger partial charge on any atom is -0.398 e. The van der Waals surface area contributed by atoms with Gasteiger partial charge < -0.3 is 22.1 Å². The Labute approximate surface area is 218 Å². The predicted molar refractivity (Wildman–Crippen MR) is 145 cm³/mol. The van der Waals surface area contributed by atoms with Crippen molar-refractivity contribution in [1.29, 1.82) is 5.26 Å². The minimum atomic E-state index is -0.520. The lowest BCUT2D eigenvalue weighted by Gasteiger charge is -2.15. The molecule has 184 valence electrons. The number of carbonyl (C=O) groups excluding carboxylic acids is 2. The fraction of sp³-hybridized carbons (Fsp3) is 0.0714. The lowest BCUT2D eigenvalue weighted by atomic mass is 9.96. The Bertz CT molecular complexity index is 1530. The molecule has 0 spiro atoms. The molecule has 0 fully saturated rings. The van der Waals surface area contributed by atoms with Gasteiger partial charge in [0.25, 0.3) is 11.8 Å². The monoisotopic (exact) mass is 510 g/mol. The van der Waals surface area contributed by atoms with Crippen LogP contribution in [0.2, 0.25) is 5.02 Å². The molecule has 0 aliphatic rings. The average molecular weight is 511 g/mol. The number of hydrogen-bond acceptors (Lipinski definition) is 6. The molecule has 0 aliphatic carbocycles. The fourth-order valence-corrected chi connectivity index (χ4v) is 4.00. The maximum absolute atomic E-state index is 13.1. The van der Waals surface area contributed by atoms with Crippen LogP contribution in [0, 0.1) is 11.3 Å². The molecule has 0 atom stereocenters. The number of amides is 2. The van der Waals surface area contributed by atoms with Crippen LogP contribution >= 0.6 is 11.6 Å². The zero-order valence-corrected chi connectivity index (χ0v) is 20.4. The molecule has 1 aromatic heterocycles. The van der Waals surface area contributed by atoms with Crippen molar-refractivity contribution < 1.29 is 9.59 Å². The van der Waals surface area contributed by atoms with Crippen LogP contribution in [-0.4, -0.2) is 29.9 Å². The highest BCUT2D eigenvalue weighted by Gasteiger charge is 2.20. The van der Waals surface area contributed by atoms with E-state index in [9.17, 15) is 14.9 Å². The second-order valence-electron chi connectivity index (χ2n) is 8.04. The summed E-state index contributed by atoms with van der Waals surface area (Å²) in [5.41, 5.74) is 15.1. The topological polar surface area (TPSA) is 147 Å². The summed E-state index contributed by atoms with van der Waals surface area (Å²) < 4.78 is 0. The van der Waals surface area contributed by atoms with Gasteiger partial charge >= 0.3 is 0 Å². The summed E-state index contributed by atoms with van der Waals surface area (Å²) in [6.07, 6.45) is 0. The first-order chi connectivity index (χ1) is 17.9. The number of nitrogens with two attached hydrogens (primary N) is 2. The van der Waals surface area contributed by atoms with Gasteiger partial charge in [0.05, 0.1) is 16.3 Å². The molecule has 0 bridgehead atoms. The van der Waals surface area contributed by atoms with E-state index in [1.165, 1.54) is 0 Å². The van der Waals surface area contributed by atoms with E-state index in [1.54, 1.807) is 72.8 Å². The number of halogens is 1. The molecule has 8 nitrogen and oxygen atoms in total. The smallest absolute Gasteiger partial charge is 0.258 e. The van der Waals surface area contributed by atoms with E-state index >= 15 is 0 Å². The van der Waals surface area contributed by atoms with Crippen LogP contribution < -0.4 is 22.1 Å². The van der Waals surface area contributed by atoms with Crippen LogP contribution in [0.15, 0.2) is 78.9 Å². The van der Waals surface area contributed by atoms with Crippen molar-refractivity contribution in [2.45, 2.75) is 0 Å². The highest BCUT2D eigenvalue weighted by molar-refractivity contribution is 6.34. The zero-order valence-electron chi connectivity index (χ0n) is 19.7. The maximum atomic E-state index is 13.1. The number of rotatable bonds is 7. The molecule has 4 rings (SSSR count). The highest BCUT2D eigenvalue weighted by atomic mass is 35.5. The van der Waals surface area contributed by atoms with Gasteiger partial charge in [0.1, 0.15) is 11.6 Å². The molecule has 0 unspecified atom stereocenters. The van der Waals surface area contributed by atoms with Gasteiger partial charge in [-0.2, -0.15) is 5.26 Å². The van der Waals surface area contributed by atoms with Crippen molar-refractivity contribution in [3.8, 4) is 28.5 Å². The molecule has 0 saturated carbocycles. The highest BCUT2D eigenvalue weighted by Crippen LogP contribution is 2.35. The number of carbonyl (C=O) groups is 2. The number of nitrogen functional groups attached to an aromatic ring is 1. The fourth-order valence-electron chi connectivity index (χ4n) is 3.78. The Morgan fingerprint density at radius 1 is 0.946 bits per heavy atom. The molecule has 1 heterocycles. The first-order valence-corrected chi connectivity index (χ1v) is 11.7. The van der Waals surface area contributed by atoms with Gasteiger partial charge in [-0.05, 0) is 42.0 Å². The van der Waals surface area contributed by atoms with E-state index in [1.807, 2.05) is 6.07 Å². The summed E-state index contributed by atoms with van der Waals surface area (Å²) in [6.45, 7) is 0.641. The summed E-state index contributed by atoms with van der Waals surface area (Å²) >= 11 is 6.21. The Morgan fingerprint density at radius 3 is 2.43 bits per heavy atom. The van der Waals surface area contributed by atoms with Crippen molar-refractivity contribution in [1.82, 2.24) is 10.3 Å². The summed E-state index contributed by atoms with van der Waals surface area (Å²) in [5, 5.41) is 15.9. The molecule has 4 aromatic rings. The van der Waals surface area contributed by atoms with Crippen LogP contribution in [0.25, 0.3) is 22.4 Å². The molecule has 0 saturated heterocycles. The number of aromatic nitrogens is 1. The third-order valence-corrected chi connectivity index (χ3v) is 5.91. The van der Waals surface area contributed by atoms with E-state index < -0.39 is 5.91 Å². The largest absolute Gasteiger partial charge is 0.398 e. The number of nitrogens with one attached hydrogen (secondary N) is 2. The number of nitriles is 1. The number of pyridine rings is 1. The van der Waals surface area contributed by atoms with Crippen LogP contribution in [0.4, 0.5) is 11.5 Å². The van der Waals surface area contributed by atoms with E-state index in [0.717, 1.165) is 0 Å². The lowest BCUT2D eigenvalue weighted by Crippen LogP contribution is -2.28. The summed E-state index contributed by atoms with van der Waals surface area (Å²) in [6, 6.07) is 24.4. The summed E-state index contributed by atoms with van der Waals surface area (Å²) in [4.78, 5) is 30.2. The molecule has 2 amide bonds. The number of benzene rings is 3. The first kappa shape index (κ1) is 25.4. The number of anilines is 2. The molecule has 6 N–H and O–H groups in total. The van der Waals surface area contributed by atoms with Gasteiger partial charge in [0.2, 0.25) is 0 Å². The molecule has 9 heteroatoms. The van der Waals surface area contributed by atoms with Crippen molar-refractivity contribution in [3.63, 3.8) is 0 Å². The number of para-hydroxylation sites is 1. The van der Waals surface area contributed by atoms with Crippen molar-refractivity contribution >= 4 is 34.9 Å². The number of hydrogen-bond donors (Lipinski definition) is 4. The molecule has 0 radical (unpaired) electrons. The third-order valence-electron chi connectivity index (χ3n) is 5.58. The Kier molecular flexibility index (Phi) is 7.79. The zero-order chi connectivity index (χ0) is 26.4. The van der Waals surface area contributed by atoms with E-state index in [4.69, 9.17) is 23.1 Å². The van der Waals surface area contributed by atoms with Crippen molar-refractivity contribution in [3.05, 3.63) is 101 Å². The van der Waals surface area contributed by atoms with Crippen LogP contribution in [-0.2, 0) is 0 Å². The van der Waals surface area contributed by atoms with Crippen LogP contribution in [0.5, 0.6) is 0 Å². The Balaban J connectivity index is 1.88. The van der Waals surface area contributed by atoms with Crippen LogP contribution in [0.3, 0.4) is 0 Å². The maximum Gasteiger partial charge on any atom is 0.258 e. The molecule has 3 aromatic carbocycles. The second kappa shape index (κ2) is 11.4. The predicted octanol–water partition coefficient (Wildman–Crippen LogP) is 4.46. The van der Waals surface area contributed by atoms with Gasteiger partial charge in [0.15, 0.2) is 5.82 Å². The second-order valence-corrected chi connectivity index (χ2v) is 8.44. The molecule has 37 heavy (non-hydrogen) atoms. The molecular formula is C28H23ClN6O2. The van der Waals surface area contributed by atoms with Gasteiger partial charge in [-0.1, -0.05) is 54.1 Å². The first-order valence-electron chi connectivity index (χ1n) is 11.4. The average Bonchev–Trinajstić information content (AvgIpc) is 2.91. The molecule has 0 aliphatic heterocycles. The van der Waals surface area contributed by atoms with Crippen molar-refractivity contribution in [2.24, 2.45) is 5.73 Å². The van der Waals surface area contributed by atoms with Gasteiger partial charge in [-0.15, -0.1) is 0 Å². The summed E-state index contributed by atoms with van der Waals surface area (Å²) in [7, 11) is 0. The SMILES string of the molecule is N#Cc1c(-c2cccc(C(=O)NCCN)c2)cc(-c2ccccc2N)nc1NC(=O)c1ccccc1Cl. The Hall–Kier alpha value is -4.71. The van der Waals surface area contributed by atoms with E-state index in [0.29, 0.717) is 46.7 Å². The van der Waals surface area contributed by atoms with Gasteiger partial charge in [-0.25, -0.2) is 4.98 Å². The van der Waals surface area contributed by atoms with E-state index in [2.05, 4.69) is 21.7 Å². The van der Waals surface area contributed by atoms with Gasteiger partial charge in [0, 0.05) is 35.5 Å². The van der Waals surface area contributed by atoms with E-state index in [-0.39, 0.29) is 27.9 Å². The van der Waals surface area contributed by atoms with Crippen LogP contribution in [0.1, 0.15) is 26.3 Å². The third kappa shape index (κ3) is 5.59. The number of nitrogens with zero attached hydrogens (tertiary/aromatic N) is 2. The van der Waals surface area contributed by atoms with Gasteiger partial charge in [-0.3, -0.25) is 9.59 Å².